The van der Waals surface area contributed by atoms with Crippen molar-refractivity contribution in [1.82, 2.24) is 9.55 Å². The molecule has 0 saturated heterocycles. The van der Waals surface area contributed by atoms with E-state index in [9.17, 15) is 0 Å². The molecular weight excluding hydrogens is 337 g/mol. The summed E-state index contributed by atoms with van der Waals surface area (Å²) >= 11 is 14.0. The number of nitrogens with zero attached hydrogens (tertiary/aromatic N) is 2. The predicted molar refractivity (Wildman–Crippen MR) is 91.5 cm³/mol. The first-order valence-corrected chi connectivity index (χ1v) is 8.76. The second-order valence-corrected chi connectivity index (χ2v) is 7.29. The Morgan fingerprint density at radius 2 is 1.82 bits per heavy atom. The molecule has 1 N–H and O–H groups in total. The highest BCUT2D eigenvalue weighted by molar-refractivity contribution is 7.18. The molecule has 1 aromatic carbocycles. The number of hydrogen-bond acceptors (Lipinski definition) is 3. The first kappa shape index (κ1) is 14.2. The summed E-state index contributed by atoms with van der Waals surface area (Å²) in [6.45, 7) is 0. The van der Waals surface area contributed by atoms with Gasteiger partial charge in [-0.3, -0.25) is 9.98 Å². The zero-order chi connectivity index (χ0) is 15.3. The summed E-state index contributed by atoms with van der Waals surface area (Å²) in [4.78, 5) is 6.78. The summed E-state index contributed by atoms with van der Waals surface area (Å²) in [5.74, 6) is 0. The number of halogens is 2. The number of thiophene rings is 1. The van der Waals surface area contributed by atoms with Gasteiger partial charge in [0.25, 0.3) is 0 Å². The number of aryl methyl sites for hydroxylation is 2. The second kappa shape index (κ2) is 5.37. The minimum absolute atomic E-state index is 0.318. The molecule has 6 heteroatoms. The summed E-state index contributed by atoms with van der Waals surface area (Å²) in [5, 5.41) is 10.6. The van der Waals surface area contributed by atoms with Crippen LogP contribution in [0.4, 0.5) is 0 Å². The van der Waals surface area contributed by atoms with Gasteiger partial charge in [0, 0.05) is 9.90 Å². The van der Waals surface area contributed by atoms with Gasteiger partial charge in [0.2, 0.25) is 5.28 Å². The first-order valence-electron chi connectivity index (χ1n) is 7.18. The van der Waals surface area contributed by atoms with Crippen LogP contribution in [0, 0.1) is 5.41 Å². The zero-order valence-electron chi connectivity index (χ0n) is 11.7. The van der Waals surface area contributed by atoms with Crippen LogP contribution in [0.2, 0.25) is 10.3 Å². The quantitative estimate of drug-likeness (QED) is 0.632. The normalized spacial score (nSPS) is 14.3. The zero-order valence-corrected chi connectivity index (χ0v) is 14.0. The van der Waals surface area contributed by atoms with E-state index in [0.29, 0.717) is 15.8 Å². The van der Waals surface area contributed by atoms with Crippen molar-refractivity contribution in [3.8, 4) is 5.69 Å². The third-order valence-corrected chi connectivity index (χ3v) is 5.77. The van der Waals surface area contributed by atoms with Gasteiger partial charge in [0.05, 0.1) is 11.1 Å². The molecule has 22 heavy (non-hydrogen) atoms. The number of rotatable bonds is 1. The molecule has 2 heterocycles. The van der Waals surface area contributed by atoms with Crippen LogP contribution in [0.25, 0.3) is 15.9 Å². The van der Waals surface area contributed by atoms with Crippen molar-refractivity contribution >= 4 is 44.8 Å². The highest BCUT2D eigenvalue weighted by Gasteiger charge is 2.20. The van der Waals surface area contributed by atoms with Crippen LogP contribution in [0.15, 0.2) is 24.3 Å². The van der Waals surface area contributed by atoms with Crippen molar-refractivity contribution in [2.75, 3.05) is 0 Å². The van der Waals surface area contributed by atoms with Crippen LogP contribution in [0.5, 0.6) is 0 Å². The molecule has 1 aliphatic rings. The smallest absolute Gasteiger partial charge is 0.210 e. The number of benzene rings is 1. The van der Waals surface area contributed by atoms with Crippen LogP contribution in [0.3, 0.4) is 0 Å². The van der Waals surface area contributed by atoms with Gasteiger partial charge in [-0.1, -0.05) is 11.6 Å². The van der Waals surface area contributed by atoms with E-state index < -0.39 is 0 Å². The lowest BCUT2D eigenvalue weighted by atomic mass is 9.97. The van der Waals surface area contributed by atoms with E-state index in [2.05, 4.69) is 4.98 Å². The predicted octanol–water partition coefficient (Wildman–Crippen LogP) is 4.75. The average Bonchev–Trinajstić information content (AvgIpc) is 2.87. The number of aromatic nitrogens is 2. The van der Waals surface area contributed by atoms with Crippen molar-refractivity contribution in [2.45, 2.75) is 25.7 Å². The van der Waals surface area contributed by atoms with Gasteiger partial charge < -0.3 is 0 Å². The summed E-state index contributed by atoms with van der Waals surface area (Å²) < 4.78 is 1.68. The van der Waals surface area contributed by atoms with E-state index in [-0.39, 0.29) is 0 Å². The van der Waals surface area contributed by atoms with Gasteiger partial charge in [-0.2, -0.15) is 0 Å². The lowest BCUT2D eigenvalue weighted by Crippen LogP contribution is -2.21. The number of hydrogen-bond donors (Lipinski definition) is 1. The lowest BCUT2D eigenvalue weighted by Gasteiger charge is -2.12. The molecule has 0 saturated carbocycles. The number of nitrogens with one attached hydrogen (secondary N) is 1. The molecule has 2 aromatic heterocycles. The molecule has 3 aromatic rings. The van der Waals surface area contributed by atoms with E-state index in [1.165, 1.54) is 23.3 Å². The Labute approximate surface area is 141 Å². The Kier molecular flexibility index (Phi) is 3.48. The standard InChI is InChI=1S/C16H13Cl2N3S/c17-9-5-7-10(8-6-9)21-14(19)13-11-3-1-2-4-12(11)22-15(13)20-16(21)18/h5-8,19H,1-4H2. The molecule has 0 spiro atoms. The second-order valence-electron chi connectivity index (χ2n) is 5.43. The highest BCUT2D eigenvalue weighted by Crippen LogP contribution is 2.34. The first-order chi connectivity index (χ1) is 10.6. The molecule has 0 amide bonds. The Hall–Kier alpha value is -1.36. The summed E-state index contributed by atoms with van der Waals surface area (Å²) in [5.41, 5.74) is 2.52. The molecule has 1 aliphatic carbocycles. The third-order valence-electron chi connectivity index (χ3n) is 4.08. The molecule has 0 fully saturated rings. The largest absolute Gasteiger partial charge is 0.283 e. The molecule has 0 atom stereocenters. The monoisotopic (exact) mass is 349 g/mol. The summed E-state index contributed by atoms with van der Waals surface area (Å²) in [6.07, 6.45) is 4.53. The van der Waals surface area contributed by atoms with Crippen molar-refractivity contribution in [3.63, 3.8) is 0 Å². The van der Waals surface area contributed by atoms with Crippen molar-refractivity contribution in [3.05, 3.63) is 50.5 Å². The molecular formula is C16H13Cl2N3S. The average molecular weight is 350 g/mol. The molecule has 0 bridgehead atoms. The van der Waals surface area contributed by atoms with E-state index >= 15 is 0 Å². The maximum atomic E-state index is 8.64. The molecule has 4 rings (SSSR count). The van der Waals surface area contributed by atoms with Gasteiger partial charge >= 0.3 is 0 Å². The van der Waals surface area contributed by atoms with E-state index in [4.69, 9.17) is 28.6 Å². The minimum atomic E-state index is 0.318. The van der Waals surface area contributed by atoms with Crippen LogP contribution in [-0.4, -0.2) is 9.55 Å². The van der Waals surface area contributed by atoms with Gasteiger partial charge in [-0.25, -0.2) is 4.98 Å². The lowest BCUT2D eigenvalue weighted by molar-refractivity contribution is 0.699. The fraction of sp³-hybridized carbons (Fsp3) is 0.250. The Bertz CT molecular complexity index is 925. The van der Waals surface area contributed by atoms with E-state index in [1.54, 1.807) is 28.0 Å². The summed E-state index contributed by atoms with van der Waals surface area (Å²) in [7, 11) is 0. The van der Waals surface area contributed by atoms with Crippen molar-refractivity contribution in [2.24, 2.45) is 0 Å². The molecule has 112 valence electrons. The molecule has 0 aliphatic heterocycles. The Morgan fingerprint density at radius 1 is 1.09 bits per heavy atom. The molecule has 0 unspecified atom stereocenters. The van der Waals surface area contributed by atoms with E-state index in [1.807, 2.05) is 12.1 Å². The van der Waals surface area contributed by atoms with Crippen molar-refractivity contribution < 1.29 is 0 Å². The maximum Gasteiger partial charge on any atom is 0.210 e. The van der Waals surface area contributed by atoms with Gasteiger partial charge in [0.15, 0.2) is 0 Å². The third kappa shape index (κ3) is 2.18. The highest BCUT2D eigenvalue weighted by atomic mass is 35.5. The van der Waals surface area contributed by atoms with E-state index in [0.717, 1.165) is 28.7 Å². The Morgan fingerprint density at radius 3 is 2.59 bits per heavy atom. The fourth-order valence-corrected chi connectivity index (χ4v) is 4.74. The van der Waals surface area contributed by atoms with Crippen molar-refractivity contribution in [1.29, 1.82) is 5.41 Å². The van der Waals surface area contributed by atoms with Crippen LogP contribution in [-0.2, 0) is 12.8 Å². The SMILES string of the molecule is N=c1c2c3c(sc2nc(Cl)n1-c1ccc(Cl)cc1)CCCC3. The maximum absolute atomic E-state index is 8.64. The van der Waals surface area contributed by atoms with Gasteiger partial charge in [0.1, 0.15) is 10.3 Å². The summed E-state index contributed by atoms with van der Waals surface area (Å²) in [6, 6.07) is 7.32. The Balaban J connectivity index is 2.03. The van der Waals surface area contributed by atoms with Crippen LogP contribution in [0.1, 0.15) is 23.3 Å². The molecule has 3 nitrogen and oxygen atoms in total. The van der Waals surface area contributed by atoms with Crippen LogP contribution >= 0.6 is 34.5 Å². The van der Waals surface area contributed by atoms with Gasteiger partial charge in [-0.15, -0.1) is 11.3 Å². The van der Waals surface area contributed by atoms with Crippen LogP contribution < -0.4 is 5.49 Å². The topological polar surface area (TPSA) is 41.7 Å². The van der Waals surface area contributed by atoms with Gasteiger partial charge in [-0.05, 0) is 67.1 Å². The minimum Gasteiger partial charge on any atom is -0.283 e. The fourth-order valence-electron chi connectivity index (χ4n) is 3.04. The molecule has 0 radical (unpaired) electrons. The number of fused-ring (bicyclic) bond motifs is 3.